The molecule has 0 fully saturated rings. The summed E-state index contributed by atoms with van der Waals surface area (Å²) in [6, 6.07) is 0. The standard InChI is InChI=1S/C10H22N8.2ClH/c1-3-4-5-6-8(16-18-10(13)14)7(2)15-17-9(11)12;;/h3-6H2,1-2H3,(H4,11,12,17)(H4,13,14,18);2*1H. The van der Waals surface area contributed by atoms with Gasteiger partial charge in [-0.1, -0.05) is 19.8 Å². The molecule has 0 radical (unpaired) electrons. The maximum Gasteiger partial charge on any atom is 0.211 e. The van der Waals surface area contributed by atoms with Crippen molar-refractivity contribution >= 4 is 48.2 Å². The van der Waals surface area contributed by atoms with Gasteiger partial charge < -0.3 is 22.9 Å². The molecule has 0 amide bonds. The van der Waals surface area contributed by atoms with E-state index in [1.54, 1.807) is 6.92 Å². The van der Waals surface area contributed by atoms with Crippen molar-refractivity contribution in [3.8, 4) is 0 Å². The second-order valence-electron chi connectivity index (χ2n) is 3.74. The van der Waals surface area contributed by atoms with Gasteiger partial charge in [-0.25, -0.2) is 0 Å². The molecule has 0 unspecified atom stereocenters. The lowest BCUT2D eigenvalue weighted by molar-refractivity contribution is 0.742. The summed E-state index contributed by atoms with van der Waals surface area (Å²) in [5.41, 5.74) is 22.1. The van der Waals surface area contributed by atoms with Crippen LogP contribution in [0.15, 0.2) is 20.4 Å². The molecule has 8 nitrogen and oxygen atoms in total. The fourth-order valence-corrected chi connectivity index (χ4v) is 1.15. The summed E-state index contributed by atoms with van der Waals surface area (Å²) in [5, 5.41) is 15.0. The van der Waals surface area contributed by atoms with Crippen molar-refractivity contribution in [2.24, 2.45) is 43.3 Å². The zero-order valence-electron chi connectivity index (χ0n) is 11.7. The largest absolute Gasteiger partial charge is 0.369 e. The Hall–Kier alpha value is -1.54. The summed E-state index contributed by atoms with van der Waals surface area (Å²) in [4.78, 5) is 0. The Bertz CT molecular complexity index is 367. The van der Waals surface area contributed by atoms with Gasteiger partial charge in [0.2, 0.25) is 11.9 Å². The van der Waals surface area contributed by atoms with Crippen LogP contribution < -0.4 is 22.9 Å². The first-order valence-corrected chi connectivity index (χ1v) is 5.76. The Morgan fingerprint density at radius 1 is 0.800 bits per heavy atom. The molecule has 0 aliphatic heterocycles. The Kier molecular flexibility index (Phi) is 16.3. The maximum absolute atomic E-state index is 5.23. The lowest BCUT2D eigenvalue weighted by atomic mass is 10.1. The van der Waals surface area contributed by atoms with Gasteiger partial charge in [-0.15, -0.1) is 35.0 Å². The molecule has 118 valence electrons. The molecular weight excluding hydrogens is 303 g/mol. The van der Waals surface area contributed by atoms with Crippen LogP contribution in [-0.4, -0.2) is 23.3 Å². The van der Waals surface area contributed by atoms with Gasteiger partial charge in [0.15, 0.2) is 0 Å². The fourth-order valence-electron chi connectivity index (χ4n) is 1.15. The van der Waals surface area contributed by atoms with Crippen LogP contribution in [0.5, 0.6) is 0 Å². The highest BCUT2D eigenvalue weighted by atomic mass is 35.5. The lowest BCUT2D eigenvalue weighted by Crippen LogP contribution is -2.23. The van der Waals surface area contributed by atoms with Crippen LogP contribution in [-0.2, 0) is 0 Å². The molecule has 8 N–H and O–H groups in total. The van der Waals surface area contributed by atoms with Crippen molar-refractivity contribution in [1.82, 2.24) is 0 Å². The zero-order valence-corrected chi connectivity index (χ0v) is 13.4. The summed E-state index contributed by atoms with van der Waals surface area (Å²) in [6.07, 6.45) is 3.90. The van der Waals surface area contributed by atoms with Crippen molar-refractivity contribution in [2.45, 2.75) is 39.5 Å². The molecule has 0 atom stereocenters. The van der Waals surface area contributed by atoms with Crippen molar-refractivity contribution in [3.63, 3.8) is 0 Å². The minimum Gasteiger partial charge on any atom is -0.369 e. The van der Waals surface area contributed by atoms with Gasteiger partial charge >= 0.3 is 0 Å². The minimum absolute atomic E-state index is 0. The van der Waals surface area contributed by atoms with Crippen LogP contribution in [0.4, 0.5) is 0 Å². The van der Waals surface area contributed by atoms with E-state index < -0.39 is 0 Å². The number of rotatable bonds is 7. The Balaban J connectivity index is -0.00000144. The first-order chi connectivity index (χ1) is 8.47. The topological polar surface area (TPSA) is 154 Å². The number of unbranched alkanes of at least 4 members (excludes halogenated alkanes) is 2. The average molecular weight is 327 g/mol. The molecule has 0 bridgehead atoms. The Labute approximate surface area is 131 Å². The monoisotopic (exact) mass is 326 g/mol. The number of hydrogen-bond acceptors (Lipinski definition) is 4. The smallest absolute Gasteiger partial charge is 0.211 e. The number of hydrogen-bond donors (Lipinski definition) is 4. The summed E-state index contributed by atoms with van der Waals surface area (Å²) < 4.78 is 0. The van der Waals surface area contributed by atoms with Gasteiger partial charge in [-0.3, -0.25) is 0 Å². The van der Waals surface area contributed by atoms with Gasteiger partial charge in [0.1, 0.15) is 0 Å². The molecule has 0 heterocycles. The van der Waals surface area contributed by atoms with Crippen LogP contribution in [0.3, 0.4) is 0 Å². The van der Waals surface area contributed by atoms with Gasteiger partial charge in [0.05, 0.1) is 11.4 Å². The van der Waals surface area contributed by atoms with E-state index in [4.69, 9.17) is 22.9 Å². The van der Waals surface area contributed by atoms with Gasteiger partial charge in [0, 0.05) is 0 Å². The molecule has 0 aliphatic carbocycles. The van der Waals surface area contributed by atoms with E-state index in [2.05, 4.69) is 27.3 Å². The molecule has 0 aromatic carbocycles. The third-order valence-corrected chi connectivity index (χ3v) is 2.04. The van der Waals surface area contributed by atoms with Crippen molar-refractivity contribution in [2.75, 3.05) is 0 Å². The summed E-state index contributed by atoms with van der Waals surface area (Å²) in [7, 11) is 0. The number of halogens is 2. The Morgan fingerprint density at radius 3 is 1.75 bits per heavy atom. The summed E-state index contributed by atoms with van der Waals surface area (Å²) in [5.74, 6) is -0.207. The molecule has 20 heavy (non-hydrogen) atoms. The van der Waals surface area contributed by atoms with E-state index in [1.165, 1.54) is 0 Å². The van der Waals surface area contributed by atoms with Crippen molar-refractivity contribution in [1.29, 1.82) is 0 Å². The van der Waals surface area contributed by atoms with Gasteiger partial charge in [-0.05, 0) is 19.8 Å². The quantitative estimate of drug-likeness (QED) is 0.235. The first kappa shape index (κ1) is 23.5. The van der Waals surface area contributed by atoms with E-state index in [0.29, 0.717) is 11.4 Å². The van der Waals surface area contributed by atoms with Gasteiger partial charge in [-0.2, -0.15) is 10.2 Å². The van der Waals surface area contributed by atoms with Crippen LogP contribution in [0.1, 0.15) is 39.5 Å². The molecule has 10 heteroatoms. The molecular formula is C10H24Cl2N8. The second kappa shape index (κ2) is 13.9. The maximum atomic E-state index is 5.23. The van der Waals surface area contributed by atoms with E-state index in [9.17, 15) is 0 Å². The highest BCUT2D eigenvalue weighted by Crippen LogP contribution is 2.03. The molecule has 0 spiro atoms. The number of nitrogens with two attached hydrogens (primary N) is 4. The van der Waals surface area contributed by atoms with Crippen LogP contribution in [0, 0.1) is 0 Å². The summed E-state index contributed by atoms with van der Waals surface area (Å²) in [6.45, 7) is 3.87. The number of nitrogens with zero attached hydrogens (tertiary/aromatic N) is 4. The van der Waals surface area contributed by atoms with Gasteiger partial charge in [0.25, 0.3) is 0 Å². The normalized spacial score (nSPS) is 10.9. The Morgan fingerprint density at radius 2 is 1.30 bits per heavy atom. The second-order valence-corrected chi connectivity index (χ2v) is 3.74. The molecule has 0 aliphatic rings. The fraction of sp³-hybridized carbons (Fsp3) is 0.600. The predicted molar refractivity (Wildman–Crippen MR) is 90.8 cm³/mol. The van der Waals surface area contributed by atoms with E-state index in [-0.39, 0.29) is 36.7 Å². The SMILES string of the molecule is CCCCCC(=NN=C(N)N)C(C)=NN=C(N)N.Cl.Cl. The molecule has 0 aromatic heterocycles. The highest BCUT2D eigenvalue weighted by molar-refractivity contribution is 6.41. The van der Waals surface area contributed by atoms with Crippen LogP contribution in [0.25, 0.3) is 0 Å². The number of guanidine groups is 2. The van der Waals surface area contributed by atoms with E-state index in [0.717, 1.165) is 25.7 Å². The first-order valence-electron chi connectivity index (χ1n) is 5.76. The van der Waals surface area contributed by atoms with Crippen LogP contribution >= 0.6 is 24.8 Å². The van der Waals surface area contributed by atoms with E-state index in [1.807, 2.05) is 0 Å². The summed E-state index contributed by atoms with van der Waals surface area (Å²) >= 11 is 0. The predicted octanol–water partition coefficient (Wildman–Crippen LogP) is 0.689. The van der Waals surface area contributed by atoms with Crippen molar-refractivity contribution < 1.29 is 0 Å². The minimum atomic E-state index is -0.107. The zero-order chi connectivity index (χ0) is 14.0. The average Bonchev–Trinajstić information content (AvgIpc) is 2.30. The third kappa shape index (κ3) is 12.9. The molecule has 0 saturated carbocycles. The highest BCUT2D eigenvalue weighted by Gasteiger charge is 2.04. The molecule has 0 aromatic rings. The lowest BCUT2D eigenvalue weighted by Gasteiger charge is -2.02. The third-order valence-electron chi connectivity index (χ3n) is 2.04. The molecule has 0 saturated heterocycles. The van der Waals surface area contributed by atoms with Crippen LogP contribution in [0.2, 0.25) is 0 Å². The van der Waals surface area contributed by atoms with Crippen molar-refractivity contribution in [3.05, 3.63) is 0 Å². The molecule has 0 rings (SSSR count). The van der Waals surface area contributed by atoms with E-state index >= 15 is 0 Å².